The van der Waals surface area contributed by atoms with E-state index in [9.17, 15) is 0 Å². The van der Waals surface area contributed by atoms with E-state index in [0.717, 1.165) is 16.6 Å². The minimum atomic E-state index is 0.580. The van der Waals surface area contributed by atoms with Crippen molar-refractivity contribution >= 4 is 27.5 Å². The molecule has 0 aliphatic carbocycles. The van der Waals surface area contributed by atoms with Gasteiger partial charge in [-0.05, 0) is 33.6 Å². The van der Waals surface area contributed by atoms with Crippen molar-refractivity contribution in [2.24, 2.45) is 0 Å². The van der Waals surface area contributed by atoms with Crippen LogP contribution in [0, 0.1) is 6.92 Å². The summed E-state index contributed by atoms with van der Waals surface area (Å²) in [6.07, 6.45) is 0. The van der Waals surface area contributed by atoms with Crippen LogP contribution in [-0.2, 0) is 13.1 Å². The molecule has 0 aliphatic heterocycles. The van der Waals surface area contributed by atoms with E-state index < -0.39 is 0 Å². The first-order valence-corrected chi connectivity index (χ1v) is 6.26. The Morgan fingerprint density at radius 3 is 2.88 bits per heavy atom. The fraction of sp³-hybridized carbons (Fsp3) is 0.273. The Labute approximate surface area is 112 Å². The van der Waals surface area contributed by atoms with Gasteiger partial charge in [0, 0.05) is 17.9 Å². The van der Waals surface area contributed by atoms with Crippen LogP contribution in [0.4, 0.5) is 0 Å². The molecular formula is C11H11BrClN3O. The second-order valence-electron chi connectivity index (χ2n) is 3.58. The highest BCUT2D eigenvalue weighted by Crippen LogP contribution is 2.23. The standard InChI is InChI=1S/C11H11BrClN3O/c1-7-15-11(16-17-7)6-14-5-8-2-3-10(13)9(12)4-8/h2-4,14H,5-6H2,1H3. The lowest BCUT2D eigenvalue weighted by molar-refractivity contribution is 0.385. The summed E-state index contributed by atoms with van der Waals surface area (Å²) in [6, 6.07) is 5.82. The average molecular weight is 317 g/mol. The SMILES string of the molecule is Cc1nc(CNCc2ccc(Cl)c(Br)c2)no1. The molecule has 17 heavy (non-hydrogen) atoms. The van der Waals surface area contributed by atoms with Crippen LogP contribution in [0.25, 0.3) is 0 Å². The number of halogens is 2. The zero-order chi connectivity index (χ0) is 12.3. The summed E-state index contributed by atoms with van der Waals surface area (Å²) in [7, 11) is 0. The number of nitrogens with one attached hydrogen (secondary N) is 1. The predicted molar refractivity (Wildman–Crippen MR) is 68.7 cm³/mol. The van der Waals surface area contributed by atoms with E-state index in [2.05, 4.69) is 31.4 Å². The third-order valence-electron chi connectivity index (χ3n) is 2.17. The molecule has 4 nitrogen and oxygen atoms in total. The van der Waals surface area contributed by atoms with E-state index in [4.69, 9.17) is 16.1 Å². The molecule has 0 bridgehead atoms. The van der Waals surface area contributed by atoms with Crippen LogP contribution in [0.3, 0.4) is 0 Å². The molecule has 0 saturated heterocycles. The smallest absolute Gasteiger partial charge is 0.223 e. The Kier molecular flexibility index (Phi) is 4.15. The van der Waals surface area contributed by atoms with Crippen LogP contribution < -0.4 is 5.32 Å². The van der Waals surface area contributed by atoms with Crippen LogP contribution in [0.1, 0.15) is 17.3 Å². The number of hydrogen-bond donors (Lipinski definition) is 1. The van der Waals surface area contributed by atoms with Gasteiger partial charge < -0.3 is 9.84 Å². The van der Waals surface area contributed by atoms with Gasteiger partial charge in [0.2, 0.25) is 5.89 Å². The normalized spacial score (nSPS) is 10.8. The topological polar surface area (TPSA) is 51.0 Å². The van der Waals surface area contributed by atoms with E-state index in [1.54, 1.807) is 6.92 Å². The average Bonchev–Trinajstić information content (AvgIpc) is 2.70. The largest absolute Gasteiger partial charge is 0.340 e. The zero-order valence-electron chi connectivity index (χ0n) is 9.20. The van der Waals surface area contributed by atoms with Gasteiger partial charge in [0.05, 0.1) is 11.6 Å². The highest BCUT2D eigenvalue weighted by Gasteiger charge is 2.02. The number of aryl methyl sites for hydroxylation is 1. The van der Waals surface area contributed by atoms with Gasteiger partial charge in [-0.1, -0.05) is 22.8 Å². The van der Waals surface area contributed by atoms with E-state index in [1.165, 1.54) is 0 Å². The van der Waals surface area contributed by atoms with Gasteiger partial charge in [-0.2, -0.15) is 4.98 Å². The maximum atomic E-state index is 5.91. The van der Waals surface area contributed by atoms with Gasteiger partial charge in [-0.3, -0.25) is 0 Å². The number of benzene rings is 1. The number of rotatable bonds is 4. The molecule has 2 rings (SSSR count). The maximum absolute atomic E-state index is 5.91. The Morgan fingerprint density at radius 1 is 1.41 bits per heavy atom. The van der Waals surface area contributed by atoms with Crippen LogP contribution >= 0.6 is 27.5 Å². The van der Waals surface area contributed by atoms with Gasteiger partial charge in [-0.15, -0.1) is 0 Å². The summed E-state index contributed by atoms with van der Waals surface area (Å²) < 4.78 is 5.77. The Balaban J connectivity index is 1.87. The van der Waals surface area contributed by atoms with Crippen molar-refractivity contribution < 1.29 is 4.52 Å². The van der Waals surface area contributed by atoms with Crippen molar-refractivity contribution in [3.05, 3.63) is 45.0 Å². The molecule has 1 heterocycles. The first-order valence-electron chi connectivity index (χ1n) is 5.09. The molecule has 0 saturated carbocycles. The van der Waals surface area contributed by atoms with Crippen LogP contribution in [0.2, 0.25) is 5.02 Å². The van der Waals surface area contributed by atoms with Gasteiger partial charge in [0.15, 0.2) is 5.82 Å². The van der Waals surface area contributed by atoms with Crippen LogP contribution in [0.5, 0.6) is 0 Å². The van der Waals surface area contributed by atoms with Crippen molar-refractivity contribution in [1.29, 1.82) is 0 Å². The Bertz CT molecular complexity index is 515. The number of hydrogen-bond acceptors (Lipinski definition) is 4. The minimum absolute atomic E-state index is 0.580. The molecule has 1 aromatic heterocycles. The lowest BCUT2D eigenvalue weighted by atomic mass is 10.2. The molecule has 6 heteroatoms. The molecule has 0 unspecified atom stereocenters. The van der Waals surface area contributed by atoms with E-state index in [0.29, 0.717) is 23.3 Å². The Hall–Kier alpha value is -0.910. The fourth-order valence-electron chi connectivity index (χ4n) is 1.38. The zero-order valence-corrected chi connectivity index (χ0v) is 11.5. The monoisotopic (exact) mass is 315 g/mol. The van der Waals surface area contributed by atoms with Gasteiger partial charge in [-0.25, -0.2) is 0 Å². The molecule has 90 valence electrons. The lowest BCUT2D eigenvalue weighted by Crippen LogP contribution is -2.13. The summed E-state index contributed by atoms with van der Waals surface area (Å²) in [5.74, 6) is 1.24. The second kappa shape index (κ2) is 5.62. The van der Waals surface area contributed by atoms with Crippen molar-refractivity contribution in [3.8, 4) is 0 Å². The first kappa shape index (κ1) is 12.5. The number of nitrogens with zero attached hydrogens (tertiary/aromatic N) is 2. The predicted octanol–water partition coefficient (Wildman–Crippen LogP) is 3.08. The molecule has 0 aliphatic rings. The lowest BCUT2D eigenvalue weighted by Gasteiger charge is -2.03. The quantitative estimate of drug-likeness (QED) is 0.942. The summed E-state index contributed by atoms with van der Waals surface area (Å²) in [6.45, 7) is 3.08. The molecule has 0 atom stereocenters. The second-order valence-corrected chi connectivity index (χ2v) is 4.84. The van der Waals surface area contributed by atoms with E-state index >= 15 is 0 Å². The van der Waals surface area contributed by atoms with Gasteiger partial charge >= 0.3 is 0 Å². The first-order chi connectivity index (χ1) is 8.15. The molecule has 0 radical (unpaired) electrons. The highest BCUT2D eigenvalue weighted by molar-refractivity contribution is 9.10. The van der Waals surface area contributed by atoms with Crippen LogP contribution in [0.15, 0.2) is 27.2 Å². The van der Waals surface area contributed by atoms with Crippen LogP contribution in [-0.4, -0.2) is 10.1 Å². The van der Waals surface area contributed by atoms with Crippen molar-refractivity contribution in [1.82, 2.24) is 15.5 Å². The fourth-order valence-corrected chi connectivity index (χ4v) is 1.93. The molecule has 0 fully saturated rings. The molecule has 1 aromatic carbocycles. The van der Waals surface area contributed by atoms with Gasteiger partial charge in [0.1, 0.15) is 0 Å². The minimum Gasteiger partial charge on any atom is -0.340 e. The molecule has 1 N–H and O–H groups in total. The van der Waals surface area contributed by atoms with E-state index in [-0.39, 0.29) is 0 Å². The van der Waals surface area contributed by atoms with Crippen molar-refractivity contribution in [2.45, 2.75) is 20.0 Å². The number of aromatic nitrogens is 2. The summed E-state index contributed by atoms with van der Waals surface area (Å²) >= 11 is 9.30. The van der Waals surface area contributed by atoms with E-state index in [1.807, 2.05) is 18.2 Å². The maximum Gasteiger partial charge on any atom is 0.223 e. The highest BCUT2D eigenvalue weighted by atomic mass is 79.9. The summed E-state index contributed by atoms with van der Waals surface area (Å²) in [5.41, 5.74) is 1.14. The third kappa shape index (κ3) is 3.52. The summed E-state index contributed by atoms with van der Waals surface area (Å²) in [4.78, 5) is 4.10. The summed E-state index contributed by atoms with van der Waals surface area (Å²) in [5, 5.41) is 7.74. The molecular weight excluding hydrogens is 305 g/mol. The van der Waals surface area contributed by atoms with Crippen molar-refractivity contribution in [2.75, 3.05) is 0 Å². The molecule has 0 amide bonds. The molecule has 0 spiro atoms. The third-order valence-corrected chi connectivity index (χ3v) is 3.38. The molecule has 2 aromatic rings. The van der Waals surface area contributed by atoms with Gasteiger partial charge in [0.25, 0.3) is 0 Å². The Morgan fingerprint density at radius 2 is 2.24 bits per heavy atom. The van der Waals surface area contributed by atoms with Crippen molar-refractivity contribution in [3.63, 3.8) is 0 Å².